The van der Waals surface area contributed by atoms with Crippen molar-refractivity contribution in [2.75, 3.05) is 18.4 Å². The van der Waals surface area contributed by atoms with Gasteiger partial charge in [0.25, 0.3) is 5.92 Å². The van der Waals surface area contributed by atoms with E-state index in [1.807, 2.05) is 11.6 Å². The molecule has 2 fully saturated rings. The molecule has 0 radical (unpaired) electrons. The number of hydrogen-bond acceptors (Lipinski definition) is 2. The predicted molar refractivity (Wildman–Crippen MR) is 79.2 cm³/mol. The molecule has 1 aromatic heterocycles. The fourth-order valence-corrected chi connectivity index (χ4v) is 3.34. The van der Waals surface area contributed by atoms with Crippen LogP contribution in [0.1, 0.15) is 50.3 Å². The van der Waals surface area contributed by atoms with Crippen molar-refractivity contribution in [3.05, 3.63) is 11.8 Å². The second kappa shape index (κ2) is 5.85. The lowest BCUT2D eigenvalue weighted by Crippen LogP contribution is -2.35. The monoisotopic (exact) mass is 312 g/mol. The lowest BCUT2D eigenvalue weighted by molar-refractivity contribution is 0.0159. The molecule has 1 aliphatic heterocycles. The van der Waals surface area contributed by atoms with Crippen LogP contribution in [-0.4, -0.2) is 39.7 Å². The zero-order valence-electron chi connectivity index (χ0n) is 12.8. The number of halogens is 2. The molecule has 1 saturated carbocycles. The van der Waals surface area contributed by atoms with Crippen LogP contribution in [0.2, 0.25) is 0 Å². The normalized spacial score (nSPS) is 22.0. The van der Waals surface area contributed by atoms with Gasteiger partial charge < -0.3 is 4.90 Å². The molecule has 1 aliphatic carbocycles. The van der Waals surface area contributed by atoms with Crippen molar-refractivity contribution in [2.24, 2.45) is 0 Å². The minimum atomic E-state index is -2.77. The SMILES string of the molecule is Cc1cc(NC(=O)N2CCC(F)(F)C2)nn1C1CCCCC1. The average Bonchev–Trinajstić information content (AvgIpc) is 3.02. The largest absolute Gasteiger partial charge is 0.323 e. The van der Waals surface area contributed by atoms with Gasteiger partial charge in [-0.1, -0.05) is 19.3 Å². The van der Waals surface area contributed by atoms with Crippen molar-refractivity contribution in [3.63, 3.8) is 0 Å². The minimum absolute atomic E-state index is 0.0845. The van der Waals surface area contributed by atoms with E-state index in [0.717, 1.165) is 23.4 Å². The van der Waals surface area contributed by atoms with Gasteiger partial charge in [-0.05, 0) is 19.8 Å². The van der Waals surface area contributed by atoms with Crippen LogP contribution in [0.5, 0.6) is 0 Å². The van der Waals surface area contributed by atoms with E-state index in [-0.39, 0.29) is 13.0 Å². The number of anilines is 1. The molecular formula is C15H22F2N4O. The molecule has 0 aromatic carbocycles. The molecule has 122 valence electrons. The van der Waals surface area contributed by atoms with E-state index in [1.54, 1.807) is 6.07 Å². The topological polar surface area (TPSA) is 50.2 Å². The van der Waals surface area contributed by atoms with E-state index in [1.165, 1.54) is 19.3 Å². The third kappa shape index (κ3) is 3.23. The van der Waals surface area contributed by atoms with Gasteiger partial charge in [0.15, 0.2) is 5.82 Å². The molecule has 1 saturated heterocycles. The zero-order valence-corrected chi connectivity index (χ0v) is 12.8. The van der Waals surface area contributed by atoms with Crippen molar-refractivity contribution in [1.29, 1.82) is 0 Å². The Morgan fingerprint density at radius 3 is 2.73 bits per heavy atom. The average molecular weight is 312 g/mol. The van der Waals surface area contributed by atoms with Crippen LogP contribution in [0.25, 0.3) is 0 Å². The Morgan fingerprint density at radius 2 is 2.09 bits per heavy atom. The first-order valence-corrected chi connectivity index (χ1v) is 7.94. The lowest BCUT2D eigenvalue weighted by atomic mass is 9.95. The molecule has 2 aliphatic rings. The van der Waals surface area contributed by atoms with E-state index in [4.69, 9.17) is 0 Å². The summed E-state index contributed by atoms with van der Waals surface area (Å²) in [5.74, 6) is -2.32. The molecule has 1 N–H and O–H groups in total. The molecule has 7 heteroatoms. The molecule has 5 nitrogen and oxygen atoms in total. The second-order valence-corrected chi connectivity index (χ2v) is 6.37. The van der Waals surface area contributed by atoms with Gasteiger partial charge in [-0.25, -0.2) is 13.6 Å². The first-order valence-electron chi connectivity index (χ1n) is 7.94. The van der Waals surface area contributed by atoms with Crippen LogP contribution in [0.4, 0.5) is 19.4 Å². The summed E-state index contributed by atoms with van der Waals surface area (Å²) >= 11 is 0. The number of likely N-dealkylation sites (tertiary alicyclic amines) is 1. The Hall–Kier alpha value is -1.66. The van der Waals surface area contributed by atoms with E-state index in [2.05, 4.69) is 10.4 Å². The van der Waals surface area contributed by atoms with Gasteiger partial charge in [-0.3, -0.25) is 10.00 Å². The van der Waals surface area contributed by atoms with Crippen molar-refractivity contribution in [1.82, 2.24) is 14.7 Å². The van der Waals surface area contributed by atoms with Gasteiger partial charge in [0.05, 0.1) is 12.6 Å². The summed E-state index contributed by atoms with van der Waals surface area (Å²) in [5, 5.41) is 7.10. The van der Waals surface area contributed by atoms with Crippen LogP contribution in [0.15, 0.2) is 6.07 Å². The summed E-state index contributed by atoms with van der Waals surface area (Å²) in [4.78, 5) is 13.2. The first kappa shape index (κ1) is 15.2. The second-order valence-electron chi connectivity index (χ2n) is 6.37. The van der Waals surface area contributed by atoms with E-state index >= 15 is 0 Å². The number of urea groups is 1. The van der Waals surface area contributed by atoms with Gasteiger partial charge in [0, 0.05) is 24.7 Å². The first-order chi connectivity index (χ1) is 10.4. The maximum Gasteiger partial charge on any atom is 0.323 e. The number of aromatic nitrogens is 2. The van der Waals surface area contributed by atoms with Crippen LogP contribution < -0.4 is 5.32 Å². The molecule has 0 unspecified atom stereocenters. The van der Waals surface area contributed by atoms with Crippen LogP contribution in [0.3, 0.4) is 0 Å². The summed E-state index contributed by atoms with van der Waals surface area (Å²) in [7, 11) is 0. The Bertz CT molecular complexity index is 552. The molecular weight excluding hydrogens is 290 g/mol. The molecule has 3 rings (SSSR count). The summed E-state index contributed by atoms with van der Waals surface area (Å²) in [6.45, 7) is 1.53. The highest BCUT2D eigenvalue weighted by Gasteiger charge is 2.40. The summed E-state index contributed by atoms with van der Waals surface area (Å²) < 4.78 is 28.3. The number of amides is 2. The van der Waals surface area contributed by atoms with Crippen molar-refractivity contribution in [3.8, 4) is 0 Å². The summed E-state index contributed by atoms with van der Waals surface area (Å²) in [6.07, 6.45) is 5.62. The Balaban J connectivity index is 1.64. The Labute approximate surface area is 128 Å². The number of carbonyl (C=O) groups excluding carboxylic acids is 1. The van der Waals surface area contributed by atoms with Crippen molar-refractivity contribution < 1.29 is 13.6 Å². The number of alkyl halides is 2. The number of rotatable bonds is 2. The predicted octanol–water partition coefficient (Wildman–Crippen LogP) is 3.57. The third-order valence-electron chi connectivity index (χ3n) is 4.53. The van der Waals surface area contributed by atoms with Crippen LogP contribution in [-0.2, 0) is 0 Å². The standard InChI is InChI=1S/C15H22F2N4O/c1-11-9-13(19-21(11)12-5-3-2-4-6-12)18-14(22)20-8-7-15(16,17)10-20/h9,12H,2-8,10H2,1H3,(H,18,19,22). The van der Waals surface area contributed by atoms with Gasteiger partial charge in [0.2, 0.25) is 0 Å². The zero-order chi connectivity index (χ0) is 15.7. The Morgan fingerprint density at radius 1 is 1.36 bits per heavy atom. The highest BCUT2D eigenvalue weighted by Crippen LogP contribution is 2.30. The number of nitrogens with zero attached hydrogens (tertiary/aromatic N) is 3. The smallest absolute Gasteiger partial charge is 0.318 e. The maximum absolute atomic E-state index is 13.2. The Kier molecular flexibility index (Phi) is 4.06. The molecule has 0 atom stereocenters. The summed E-state index contributed by atoms with van der Waals surface area (Å²) in [5.41, 5.74) is 0.994. The van der Waals surface area contributed by atoms with Crippen LogP contribution >= 0.6 is 0 Å². The highest BCUT2D eigenvalue weighted by molar-refractivity contribution is 5.88. The molecule has 0 bridgehead atoms. The summed E-state index contributed by atoms with van der Waals surface area (Å²) in [6, 6.07) is 1.70. The molecule has 0 spiro atoms. The molecule has 22 heavy (non-hydrogen) atoms. The van der Waals surface area contributed by atoms with Gasteiger partial charge in [-0.2, -0.15) is 5.10 Å². The van der Waals surface area contributed by atoms with Gasteiger partial charge >= 0.3 is 6.03 Å². The molecule has 2 heterocycles. The minimum Gasteiger partial charge on any atom is -0.318 e. The van der Waals surface area contributed by atoms with E-state index < -0.39 is 18.5 Å². The quantitative estimate of drug-likeness (QED) is 0.907. The fourth-order valence-electron chi connectivity index (χ4n) is 3.34. The number of aryl methyl sites for hydroxylation is 1. The van der Waals surface area contributed by atoms with Crippen molar-refractivity contribution in [2.45, 2.75) is 57.4 Å². The fraction of sp³-hybridized carbons (Fsp3) is 0.733. The maximum atomic E-state index is 13.2. The lowest BCUT2D eigenvalue weighted by Gasteiger charge is -2.23. The molecule has 2 amide bonds. The number of nitrogens with one attached hydrogen (secondary N) is 1. The van der Waals surface area contributed by atoms with Gasteiger partial charge in [0.1, 0.15) is 0 Å². The van der Waals surface area contributed by atoms with E-state index in [9.17, 15) is 13.6 Å². The number of hydrogen-bond donors (Lipinski definition) is 1. The third-order valence-corrected chi connectivity index (χ3v) is 4.53. The van der Waals surface area contributed by atoms with Crippen LogP contribution in [0, 0.1) is 6.92 Å². The molecule has 1 aromatic rings. The number of carbonyl (C=O) groups is 1. The van der Waals surface area contributed by atoms with Crippen molar-refractivity contribution >= 4 is 11.8 Å². The highest BCUT2D eigenvalue weighted by atomic mass is 19.3. The van der Waals surface area contributed by atoms with E-state index in [0.29, 0.717) is 11.9 Å². The van der Waals surface area contributed by atoms with Gasteiger partial charge in [-0.15, -0.1) is 0 Å².